The molecule has 0 bridgehead atoms. The number of aromatic nitrogens is 4. The maximum atomic E-state index is 13.1. The Hall–Kier alpha value is -3.52. The lowest BCUT2D eigenvalue weighted by atomic mass is 10.1. The predicted molar refractivity (Wildman–Crippen MR) is 118 cm³/mol. The number of carbonyl (C=O) groups excluding carboxylic acids is 1. The lowest BCUT2D eigenvalue weighted by Crippen LogP contribution is -2.33. The predicted octanol–water partition coefficient (Wildman–Crippen LogP) is 3.60. The number of fused-ring (bicyclic) bond motifs is 1. The van der Waals surface area contributed by atoms with Crippen molar-refractivity contribution in [3.05, 3.63) is 63.5 Å². The quantitative estimate of drug-likeness (QED) is 0.511. The van der Waals surface area contributed by atoms with Crippen molar-refractivity contribution in [3.63, 3.8) is 0 Å². The third kappa shape index (κ3) is 4.34. The molecule has 158 valence electrons. The Labute approximate surface area is 182 Å². The first-order valence-electron chi connectivity index (χ1n) is 9.72. The standard InChI is InChI=1S/C22H20ClN5O3/c1-12(2)24-18(29)11-28-10-17(19(30)16-9-4-13(3)25-21(16)28)22-26-20(27-31-22)14-5-7-15(23)8-6-14/h4-10,12H,11H2,1-3H3,(H,24,29). The highest BCUT2D eigenvalue weighted by Gasteiger charge is 2.19. The van der Waals surface area contributed by atoms with Crippen LogP contribution in [0.5, 0.6) is 0 Å². The van der Waals surface area contributed by atoms with Crippen LogP contribution in [0.15, 0.2) is 51.9 Å². The van der Waals surface area contributed by atoms with Crippen molar-refractivity contribution in [1.29, 1.82) is 0 Å². The number of benzene rings is 1. The van der Waals surface area contributed by atoms with Gasteiger partial charge in [0.15, 0.2) is 0 Å². The Kier molecular flexibility index (Phi) is 5.56. The van der Waals surface area contributed by atoms with Crippen LogP contribution < -0.4 is 10.7 Å². The van der Waals surface area contributed by atoms with Gasteiger partial charge in [-0.05, 0) is 57.2 Å². The molecule has 1 amide bonds. The number of nitrogens with one attached hydrogen (secondary N) is 1. The summed E-state index contributed by atoms with van der Waals surface area (Å²) in [5.41, 5.74) is 1.76. The molecule has 0 aliphatic rings. The molecular formula is C22H20ClN5O3. The van der Waals surface area contributed by atoms with Gasteiger partial charge in [-0.1, -0.05) is 16.8 Å². The van der Waals surface area contributed by atoms with Gasteiger partial charge in [-0.15, -0.1) is 0 Å². The second kappa shape index (κ2) is 8.31. The summed E-state index contributed by atoms with van der Waals surface area (Å²) in [4.78, 5) is 34.4. The van der Waals surface area contributed by atoms with Crippen LogP contribution in [0.1, 0.15) is 19.5 Å². The van der Waals surface area contributed by atoms with Gasteiger partial charge >= 0.3 is 0 Å². The summed E-state index contributed by atoms with van der Waals surface area (Å²) >= 11 is 5.93. The van der Waals surface area contributed by atoms with Crippen LogP contribution in [0.3, 0.4) is 0 Å². The van der Waals surface area contributed by atoms with Crippen LogP contribution in [-0.4, -0.2) is 31.6 Å². The van der Waals surface area contributed by atoms with E-state index in [2.05, 4.69) is 20.4 Å². The normalized spacial score (nSPS) is 11.3. The molecule has 1 N–H and O–H groups in total. The van der Waals surface area contributed by atoms with E-state index in [0.29, 0.717) is 27.4 Å². The monoisotopic (exact) mass is 437 g/mol. The zero-order valence-electron chi connectivity index (χ0n) is 17.2. The van der Waals surface area contributed by atoms with E-state index in [1.54, 1.807) is 41.0 Å². The summed E-state index contributed by atoms with van der Waals surface area (Å²) in [6.07, 6.45) is 1.54. The molecule has 0 saturated carbocycles. The minimum atomic E-state index is -0.297. The van der Waals surface area contributed by atoms with Gasteiger partial charge < -0.3 is 14.4 Å². The van der Waals surface area contributed by atoms with Gasteiger partial charge in [-0.25, -0.2) is 4.98 Å². The Bertz CT molecular complexity index is 1330. The number of hydrogen-bond donors (Lipinski definition) is 1. The molecular weight excluding hydrogens is 418 g/mol. The Balaban J connectivity index is 1.82. The number of carbonyl (C=O) groups is 1. The Morgan fingerprint density at radius 1 is 1.16 bits per heavy atom. The number of halogens is 1. The molecule has 0 aliphatic carbocycles. The molecule has 0 fully saturated rings. The third-order valence-electron chi connectivity index (χ3n) is 4.58. The van der Waals surface area contributed by atoms with Crippen molar-refractivity contribution in [3.8, 4) is 22.8 Å². The molecule has 0 saturated heterocycles. The molecule has 0 atom stereocenters. The average Bonchev–Trinajstić information content (AvgIpc) is 3.20. The van der Waals surface area contributed by atoms with Gasteiger partial charge in [-0.3, -0.25) is 9.59 Å². The Morgan fingerprint density at radius 2 is 1.90 bits per heavy atom. The fourth-order valence-electron chi connectivity index (χ4n) is 3.20. The van der Waals surface area contributed by atoms with Gasteiger partial charge in [0.1, 0.15) is 17.8 Å². The summed E-state index contributed by atoms with van der Waals surface area (Å²) in [6, 6.07) is 10.4. The molecule has 0 aliphatic heterocycles. The molecule has 0 unspecified atom stereocenters. The summed E-state index contributed by atoms with van der Waals surface area (Å²) in [6.45, 7) is 5.58. The molecule has 4 aromatic rings. The second-order valence-corrected chi connectivity index (χ2v) is 7.91. The molecule has 9 heteroatoms. The van der Waals surface area contributed by atoms with E-state index >= 15 is 0 Å². The van der Waals surface area contributed by atoms with E-state index in [1.165, 1.54) is 6.20 Å². The van der Waals surface area contributed by atoms with E-state index in [9.17, 15) is 9.59 Å². The highest BCUT2D eigenvalue weighted by Crippen LogP contribution is 2.23. The van der Waals surface area contributed by atoms with Crippen LogP contribution in [0.25, 0.3) is 33.9 Å². The van der Waals surface area contributed by atoms with Crippen LogP contribution >= 0.6 is 11.6 Å². The second-order valence-electron chi connectivity index (χ2n) is 7.48. The smallest absolute Gasteiger partial charge is 0.263 e. The van der Waals surface area contributed by atoms with Gasteiger partial charge in [-0.2, -0.15) is 4.98 Å². The summed E-state index contributed by atoms with van der Waals surface area (Å²) in [5.74, 6) is 0.203. The maximum Gasteiger partial charge on any atom is 0.263 e. The van der Waals surface area contributed by atoms with Crippen molar-refractivity contribution in [2.45, 2.75) is 33.4 Å². The van der Waals surface area contributed by atoms with Crippen molar-refractivity contribution >= 4 is 28.5 Å². The fourth-order valence-corrected chi connectivity index (χ4v) is 3.33. The fraction of sp³-hybridized carbons (Fsp3) is 0.227. The number of aryl methyl sites for hydroxylation is 1. The first-order chi connectivity index (χ1) is 14.8. The molecule has 8 nitrogen and oxygen atoms in total. The molecule has 3 heterocycles. The molecule has 1 aromatic carbocycles. The minimum Gasteiger partial charge on any atom is -0.352 e. The van der Waals surface area contributed by atoms with Crippen LogP contribution in [0, 0.1) is 6.92 Å². The largest absolute Gasteiger partial charge is 0.352 e. The number of amides is 1. The number of rotatable bonds is 5. The van der Waals surface area contributed by atoms with E-state index in [0.717, 1.165) is 5.69 Å². The van der Waals surface area contributed by atoms with Gasteiger partial charge in [0.2, 0.25) is 17.2 Å². The topological polar surface area (TPSA) is 103 Å². The van der Waals surface area contributed by atoms with Crippen LogP contribution in [-0.2, 0) is 11.3 Å². The minimum absolute atomic E-state index is 0.00338. The Morgan fingerprint density at radius 3 is 2.61 bits per heavy atom. The van der Waals surface area contributed by atoms with Crippen LogP contribution in [0.2, 0.25) is 5.02 Å². The molecule has 0 spiro atoms. The first kappa shape index (κ1) is 20.7. The van der Waals surface area contributed by atoms with Crippen molar-refractivity contribution in [1.82, 2.24) is 25.0 Å². The average molecular weight is 438 g/mol. The SMILES string of the molecule is Cc1ccc2c(=O)c(-c3nc(-c4ccc(Cl)cc4)no3)cn(CC(=O)NC(C)C)c2n1. The highest BCUT2D eigenvalue weighted by atomic mass is 35.5. The zero-order valence-corrected chi connectivity index (χ0v) is 18.0. The summed E-state index contributed by atoms with van der Waals surface area (Å²) in [7, 11) is 0. The maximum absolute atomic E-state index is 13.1. The van der Waals surface area contributed by atoms with Crippen molar-refractivity contribution < 1.29 is 9.32 Å². The zero-order chi connectivity index (χ0) is 22.1. The van der Waals surface area contributed by atoms with Gasteiger partial charge in [0, 0.05) is 28.5 Å². The molecule has 31 heavy (non-hydrogen) atoms. The summed E-state index contributed by atoms with van der Waals surface area (Å²) < 4.78 is 7.01. The highest BCUT2D eigenvalue weighted by molar-refractivity contribution is 6.30. The number of nitrogens with zero attached hydrogens (tertiary/aromatic N) is 4. The van der Waals surface area contributed by atoms with Gasteiger partial charge in [0.05, 0.1) is 5.39 Å². The van der Waals surface area contributed by atoms with E-state index < -0.39 is 0 Å². The number of pyridine rings is 2. The van der Waals surface area contributed by atoms with E-state index in [4.69, 9.17) is 16.1 Å². The van der Waals surface area contributed by atoms with E-state index in [-0.39, 0.29) is 35.4 Å². The number of hydrogen-bond acceptors (Lipinski definition) is 6. The van der Waals surface area contributed by atoms with Crippen LogP contribution in [0.4, 0.5) is 0 Å². The lowest BCUT2D eigenvalue weighted by molar-refractivity contribution is -0.122. The molecule has 4 rings (SSSR count). The lowest BCUT2D eigenvalue weighted by Gasteiger charge is -2.13. The first-order valence-corrected chi connectivity index (χ1v) is 10.1. The third-order valence-corrected chi connectivity index (χ3v) is 4.84. The van der Waals surface area contributed by atoms with E-state index in [1.807, 2.05) is 20.8 Å². The molecule has 3 aromatic heterocycles. The summed E-state index contributed by atoms with van der Waals surface area (Å²) in [5, 5.41) is 7.79. The molecule has 0 radical (unpaired) electrons. The van der Waals surface area contributed by atoms with Gasteiger partial charge in [0.25, 0.3) is 5.89 Å². The van der Waals surface area contributed by atoms with Crippen molar-refractivity contribution in [2.75, 3.05) is 0 Å². The van der Waals surface area contributed by atoms with Crippen molar-refractivity contribution in [2.24, 2.45) is 0 Å².